The van der Waals surface area contributed by atoms with Gasteiger partial charge in [0.1, 0.15) is 12.4 Å². The summed E-state index contributed by atoms with van der Waals surface area (Å²) in [6.07, 6.45) is 0.0914. The molecule has 8 nitrogen and oxygen atoms in total. The molecule has 34 heavy (non-hydrogen) atoms. The van der Waals surface area contributed by atoms with Gasteiger partial charge in [-0.3, -0.25) is 9.59 Å². The van der Waals surface area contributed by atoms with Crippen molar-refractivity contribution in [2.75, 3.05) is 38.4 Å². The highest BCUT2D eigenvalue weighted by Gasteiger charge is 2.35. The van der Waals surface area contributed by atoms with Crippen molar-refractivity contribution >= 4 is 33.7 Å². The van der Waals surface area contributed by atoms with E-state index in [2.05, 4.69) is 15.9 Å². The van der Waals surface area contributed by atoms with Crippen LogP contribution in [0.5, 0.6) is 5.75 Å². The monoisotopic (exact) mass is 541 g/mol. The Bertz CT molecular complexity index is 835. The van der Waals surface area contributed by atoms with E-state index in [9.17, 15) is 14.4 Å². The molecule has 0 aromatic heterocycles. The van der Waals surface area contributed by atoms with Crippen LogP contribution in [0.4, 0.5) is 0 Å². The van der Waals surface area contributed by atoms with Crippen LogP contribution in [0.15, 0.2) is 12.1 Å². The fraction of sp³-hybridized carbons (Fsp3) is 0.640. The third-order valence-corrected chi connectivity index (χ3v) is 5.51. The van der Waals surface area contributed by atoms with E-state index in [1.54, 1.807) is 12.1 Å². The van der Waals surface area contributed by atoms with Gasteiger partial charge in [0.25, 0.3) is 11.8 Å². The molecule has 0 bridgehead atoms. The number of halogens is 1. The molecule has 1 aromatic rings. The number of rotatable bonds is 11. The summed E-state index contributed by atoms with van der Waals surface area (Å²) in [6, 6.07) is 3.43. The maximum Gasteiger partial charge on any atom is 0.363 e. The molecule has 2 rings (SSSR count). The molecule has 0 aliphatic carbocycles. The Morgan fingerprint density at radius 2 is 1.32 bits per heavy atom. The molecule has 0 spiro atoms. The number of hydrogen-bond acceptors (Lipinski definition) is 7. The predicted molar refractivity (Wildman–Crippen MR) is 131 cm³/mol. The second kappa shape index (κ2) is 12.1. The fourth-order valence-electron chi connectivity index (χ4n) is 3.39. The summed E-state index contributed by atoms with van der Waals surface area (Å²) in [7, 11) is 0. The van der Waals surface area contributed by atoms with Gasteiger partial charge in [-0.05, 0) is 23.0 Å². The zero-order valence-corrected chi connectivity index (χ0v) is 22.6. The topological polar surface area (TPSA) is 91.4 Å². The van der Waals surface area contributed by atoms with Crippen LogP contribution in [-0.2, 0) is 34.7 Å². The van der Waals surface area contributed by atoms with E-state index < -0.39 is 17.8 Å². The minimum absolute atomic E-state index is 0.0457. The SMILES string of the molecule is CC(C)(C)c1cc(C(=O)ON2C(=O)CCC2=O)cc(C(C)(C)C)c1OCCOCCOCCBr. The molecule has 1 aliphatic rings. The molecular formula is C25H36BrNO7. The lowest BCUT2D eigenvalue weighted by atomic mass is 9.78. The summed E-state index contributed by atoms with van der Waals surface area (Å²) in [4.78, 5) is 41.9. The number of hydroxylamine groups is 2. The third-order valence-electron chi connectivity index (χ3n) is 5.19. The lowest BCUT2D eigenvalue weighted by Crippen LogP contribution is -2.32. The molecule has 2 amide bonds. The van der Waals surface area contributed by atoms with Crippen LogP contribution in [0.1, 0.15) is 75.9 Å². The molecule has 0 atom stereocenters. The molecule has 1 saturated heterocycles. The second-order valence-corrected chi connectivity index (χ2v) is 10.9. The quantitative estimate of drug-likeness (QED) is 0.234. The average Bonchev–Trinajstić information content (AvgIpc) is 3.05. The van der Waals surface area contributed by atoms with Gasteiger partial charge in [-0.25, -0.2) is 4.79 Å². The average molecular weight is 542 g/mol. The van der Waals surface area contributed by atoms with E-state index in [4.69, 9.17) is 19.0 Å². The number of benzene rings is 1. The van der Waals surface area contributed by atoms with Crippen molar-refractivity contribution in [2.24, 2.45) is 0 Å². The molecule has 1 aromatic carbocycles. The number of alkyl halides is 1. The Kier molecular flexibility index (Phi) is 10.1. The number of carbonyl (C=O) groups excluding carboxylic acids is 3. The minimum Gasteiger partial charge on any atom is -0.491 e. The predicted octanol–water partition coefficient (Wildman–Crippen LogP) is 4.31. The van der Waals surface area contributed by atoms with Gasteiger partial charge in [-0.1, -0.05) is 57.5 Å². The van der Waals surface area contributed by atoms with Crippen molar-refractivity contribution in [1.29, 1.82) is 0 Å². The lowest BCUT2D eigenvalue weighted by Gasteiger charge is -2.30. The highest BCUT2D eigenvalue weighted by atomic mass is 79.9. The van der Waals surface area contributed by atoms with Gasteiger partial charge in [-0.15, -0.1) is 5.06 Å². The first-order valence-corrected chi connectivity index (χ1v) is 12.6. The number of nitrogens with zero attached hydrogens (tertiary/aromatic N) is 1. The molecule has 0 N–H and O–H groups in total. The summed E-state index contributed by atoms with van der Waals surface area (Å²) >= 11 is 3.31. The first-order chi connectivity index (χ1) is 15.9. The maximum absolute atomic E-state index is 12.9. The van der Waals surface area contributed by atoms with Gasteiger partial charge in [0, 0.05) is 29.3 Å². The Balaban J connectivity index is 2.26. The highest BCUT2D eigenvalue weighted by Crippen LogP contribution is 2.41. The van der Waals surface area contributed by atoms with Crippen LogP contribution in [0.25, 0.3) is 0 Å². The summed E-state index contributed by atoms with van der Waals surface area (Å²) in [5.74, 6) is -1.08. The van der Waals surface area contributed by atoms with Crippen molar-refractivity contribution in [2.45, 2.75) is 65.2 Å². The van der Waals surface area contributed by atoms with Crippen LogP contribution in [0, 0.1) is 0 Å². The van der Waals surface area contributed by atoms with E-state index in [1.165, 1.54) is 0 Å². The Labute approximate surface area is 210 Å². The Morgan fingerprint density at radius 3 is 1.79 bits per heavy atom. The van der Waals surface area contributed by atoms with Gasteiger partial charge >= 0.3 is 5.97 Å². The molecule has 0 radical (unpaired) electrons. The number of amides is 2. The van der Waals surface area contributed by atoms with Crippen LogP contribution in [0.2, 0.25) is 0 Å². The van der Waals surface area contributed by atoms with Crippen molar-refractivity contribution in [3.63, 3.8) is 0 Å². The Hall–Kier alpha value is -1.97. The molecule has 1 heterocycles. The molecule has 1 fully saturated rings. The van der Waals surface area contributed by atoms with Crippen LogP contribution < -0.4 is 4.74 Å². The molecule has 0 unspecified atom stereocenters. The molecular weight excluding hydrogens is 506 g/mol. The van der Waals surface area contributed by atoms with E-state index in [0.717, 1.165) is 16.5 Å². The molecule has 1 aliphatic heterocycles. The number of ether oxygens (including phenoxy) is 3. The van der Waals surface area contributed by atoms with Crippen molar-refractivity contribution < 1.29 is 33.4 Å². The van der Waals surface area contributed by atoms with Gasteiger partial charge < -0.3 is 19.0 Å². The Morgan fingerprint density at radius 1 is 0.853 bits per heavy atom. The summed E-state index contributed by atoms with van der Waals surface area (Å²) in [5, 5.41) is 1.36. The van der Waals surface area contributed by atoms with E-state index in [0.29, 0.717) is 43.8 Å². The highest BCUT2D eigenvalue weighted by molar-refractivity contribution is 9.09. The molecule has 190 valence electrons. The van der Waals surface area contributed by atoms with E-state index >= 15 is 0 Å². The first-order valence-electron chi connectivity index (χ1n) is 11.5. The molecule has 9 heteroatoms. The van der Waals surface area contributed by atoms with Crippen LogP contribution in [0.3, 0.4) is 0 Å². The molecule has 0 saturated carbocycles. The third kappa shape index (κ3) is 7.78. The smallest absolute Gasteiger partial charge is 0.363 e. The number of imide groups is 1. The summed E-state index contributed by atoms with van der Waals surface area (Å²) < 4.78 is 17.2. The van der Waals surface area contributed by atoms with Crippen molar-refractivity contribution in [3.05, 3.63) is 28.8 Å². The summed E-state index contributed by atoms with van der Waals surface area (Å²) in [6.45, 7) is 14.5. The number of carbonyl (C=O) groups is 3. The van der Waals surface area contributed by atoms with E-state index in [1.807, 2.05) is 41.5 Å². The van der Waals surface area contributed by atoms with E-state index in [-0.39, 0.29) is 29.2 Å². The van der Waals surface area contributed by atoms with Gasteiger partial charge in [0.15, 0.2) is 0 Å². The van der Waals surface area contributed by atoms with Crippen LogP contribution >= 0.6 is 15.9 Å². The van der Waals surface area contributed by atoms with Gasteiger partial charge in [0.05, 0.1) is 32.0 Å². The standard InChI is InChI=1S/C25H36BrNO7/c1-24(2,3)18-15-17(23(30)34-27-20(28)7-8-21(27)29)16-19(25(4,5)6)22(18)33-14-13-32-12-11-31-10-9-26/h15-16H,7-14H2,1-6H3. The largest absolute Gasteiger partial charge is 0.491 e. The second-order valence-electron chi connectivity index (χ2n) is 10.1. The minimum atomic E-state index is -0.752. The van der Waals surface area contributed by atoms with Gasteiger partial charge in [-0.2, -0.15) is 0 Å². The zero-order chi connectivity index (χ0) is 25.5. The summed E-state index contributed by atoms with van der Waals surface area (Å²) in [5.41, 5.74) is 1.21. The zero-order valence-electron chi connectivity index (χ0n) is 21.0. The first kappa shape index (κ1) is 28.3. The normalized spacial score (nSPS) is 14.6. The van der Waals surface area contributed by atoms with Crippen molar-refractivity contribution in [3.8, 4) is 5.75 Å². The van der Waals surface area contributed by atoms with Crippen molar-refractivity contribution in [1.82, 2.24) is 5.06 Å². The fourth-order valence-corrected chi connectivity index (χ4v) is 3.62. The van der Waals surface area contributed by atoms with Gasteiger partial charge in [0.2, 0.25) is 0 Å². The maximum atomic E-state index is 12.9. The lowest BCUT2D eigenvalue weighted by molar-refractivity contribution is -0.172. The number of hydrogen-bond donors (Lipinski definition) is 0. The van der Waals surface area contributed by atoms with Crippen LogP contribution in [-0.4, -0.2) is 61.2 Å².